The van der Waals surface area contributed by atoms with E-state index in [1.165, 1.54) is 0 Å². The minimum Gasteiger partial charge on any atom is -0.294 e. The maximum atomic E-state index is 12.0. The van der Waals surface area contributed by atoms with Crippen LogP contribution in [-0.4, -0.2) is 16.0 Å². The summed E-state index contributed by atoms with van der Waals surface area (Å²) in [5.74, 6) is 0.0369. The zero-order valence-electron chi connectivity index (χ0n) is 13.2. The van der Waals surface area contributed by atoms with E-state index >= 15 is 0 Å². The molecule has 0 aliphatic rings. The van der Waals surface area contributed by atoms with Gasteiger partial charge in [0, 0.05) is 11.8 Å². The molecule has 3 heteroatoms. The Bertz CT molecular complexity index is 732. The second-order valence-corrected chi connectivity index (χ2v) is 5.19. The first-order valence-electron chi connectivity index (χ1n) is 7.18. The summed E-state index contributed by atoms with van der Waals surface area (Å²) < 4.78 is 0. The van der Waals surface area contributed by atoms with Crippen molar-refractivity contribution >= 4 is 11.4 Å². The van der Waals surface area contributed by atoms with Gasteiger partial charge in [-0.2, -0.15) is 5.10 Å². The largest absolute Gasteiger partial charge is 0.294 e. The van der Waals surface area contributed by atoms with Gasteiger partial charge in [0.25, 0.3) is 0 Å². The number of aromatic amines is 1. The molecule has 0 saturated heterocycles. The number of Topliss-reactive ketones (excluding diaryl/α,β-unsaturated/α-hetero) is 1. The number of hydrogen-bond acceptors (Lipinski definition) is 2. The molecule has 1 aromatic heterocycles. The highest BCUT2D eigenvalue weighted by molar-refractivity contribution is 6.20. The summed E-state index contributed by atoms with van der Waals surface area (Å²) in [6.07, 6.45) is 5.58. The van der Waals surface area contributed by atoms with E-state index in [2.05, 4.69) is 16.8 Å². The lowest BCUT2D eigenvalue weighted by atomic mass is 9.96. The number of ketones is 1. The predicted octanol–water partition coefficient (Wildman–Crippen LogP) is 4.57. The molecule has 0 saturated carbocycles. The van der Waals surface area contributed by atoms with Crippen molar-refractivity contribution in [2.45, 2.75) is 20.8 Å². The van der Waals surface area contributed by atoms with Crippen molar-refractivity contribution in [3.8, 4) is 11.3 Å². The van der Waals surface area contributed by atoms with Gasteiger partial charge in [-0.05, 0) is 49.6 Å². The summed E-state index contributed by atoms with van der Waals surface area (Å²) >= 11 is 0. The lowest BCUT2D eigenvalue weighted by Crippen LogP contribution is -1.97. The van der Waals surface area contributed by atoms with Crippen LogP contribution in [0.2, 0.25) is 0 Å². The molecule has 0 fully saturated rings. The molecule has 0 amide bonds. The monoisotopic (exact) mass is 292 g/mol. The fraction of sp³-hybridized carbons (Fsp3) is 0.158. The van der Waals surface area contributed by atoms with Crippen LogP contribution in [0.1, 0.15) is 26.3 Å². The third-order valence-electron chi connectivity index (χ3n) is 3.49. The Hall–Kier alpha value is -2.68. The van der Waals surface area contributed by atoms with Crippen molar-refractivity contribution in [2.75, 3.05) is 0 Å². The van der Waals surface area contributed by atoms with Crippen molar-refractivity contribution < 1.29 is 4.79 Å². The zero-order valence-corrected chi connectivity index (χ0v) is 13.2. The normalized spacial score (nSPS) is 12.3. The number of H-pyrrole nitrogens is 1. The van der Waals surface area contributed by atoms with Gasteiger partial charge in [0.15, 0.2) is 5.78 Å². The smallest absolute Gasteiger partial charge is 0.160 e. The summed E-state index contributed by atoms with van der Waals surface area (Å²) in [7, 11) is 0. The van der Waals surface area contributed by atoms with Gasteiger partial charge in [0.05, 0.1) is 5.69 Å². The minimum absolute atomic E-state index is 0.0369. The van der Waals surface area contributed by atoms with Gasteiger partial charge in [-0.25, -0.2) is 0 Å². The van der Waals surface area contributed by atoms with Crippen LogP contribution in [0.3, 0.4) is 0 Å². The maximum Gasteiger partial charge on any atom is 0.160 e. The number of hydrogen-bond donors (Lipinski definition) is 1. The first-order chi connectivity index (χ1) is 10.5. The zero-order chi connectivity index (χ0) is 16.1. The Labute approximate surface area is 131 Å². The molecule has 0 aliphatic carbocycles. The van der Waals surface area contributed by atoms with Gasteiger partial charge in [-0.1, -0.05) is 42.5 Å². The molecular formula is C19H20N2O. The Morgan fingerprint density at radius 3 is 2.32 bits per heavy atom. The summed E-state index contributed by atoms with van der Waals surface area (Å²) in [5.41, 5.74) is 5.49. The highest BCUT2D eigenvalue weighted by Crippen LogP contribution is 2.24. The number of benzene rings is 1. The Morgan fingerprint density at radius 1 is 1.18 bits per heavy atom. The number of nitrogens with zero attached hydrogens (tertiary/aromatic N) is 1. The van der Waals surface area contributed by atoms with E-state index in [-0.39, 0.29) is 5.78 Å². The standard InChI is InChI=1S/C19H20N2O/c1-5-15(13(2)3)12-18(14(4)22)16-6-8-17(9-7-16)19-10-11-20-21-19/h5-12H,2H2,1,3-4H3,(H,20,21)/b15-5-,18-12+. The number of carbonyl (C=O) groups excluding carboxylic acids is 1. The fourth-order valence-electron chi connectivity index (χ4n) is 2.24. The molecule has 0 aliphatic heterocycles. The van der Waals surface area contributed by atoms with Crippen LogP contribution >= 0.6 is 0 Å². The fourth-order valence-corrected chi connectivity index (χ4v) is 2.24. The molecule has 2 aromatic rings. The number of allylic oxidation sites excluding steroid dienone is 5. The summed E-state index contributed by atoms with van der Waals surface area (Å²) in [4.78, 5) is 12.0. The van der Waals surface area contributed by atoms with Crippen LogP contribution in [0.4, 0.5) is 0 Å². The SMILES string of the molecule is C=C(C)C(=C\C)/C=C(\C(C)=O)c1ccc(-c2ccn[nH]2)cc1. The van der Waals surface area contributed by atoms with Crippen LogP contribution < -0.4 is 0 Å². The van der Waals surface area contributed by atoms with Crippen molar-refractivity contribution in [2.24, 2.45) is 0 Å². The molecule has 0 unspecified atom stereocenters. The van der Waals surface area contributed by atoms with Crippen molar-refractivity contribution in [1.29, 1.82) is 0 Å². The van der Waals surface area contributed by atoms with Gasteiger partial charge in [0.2, 0.25) is 0 Å². The quantitative estimate of drug-likeness (QED) is 0.648. The molecule has 1 aromatic carbocycles. The Balaban J connectivity index is 2.40. The van der Waals surface area contributed by atoms with Crippen LogP contribution in [0, 0.1) is 0 Å². The first kappa shape index (κ1) is 15.7. The van der Waals surface area contributed by atoms with Gasteiger partial charge in [0.1, 0.15) is 0 Å². The number of rotatable bonds is 5. The molecule has 0 spiro atoms. The van der Waals surface area contributed by atoms with Gasteiger partial charge >= 0.3 is 0 Å². The van der Waals surface area contributed by atoms with Crippen LogP contribution in [0.25, 0.3) is 16.8 Å². The summed E-state index contributed by atoms with van der Waals surface area (Å²) in [6, 6.07) is 9.78. The van der Waals surface area contributed by atoms with E-state index in [9.17, 15) is 4.79 Å². The van der Waals surface area contributed by atoms with E-state index in [1.54, 1.807) is 13.1 Å². The van der Waals surface area contributed by atoms with E-state index in [0.29, 0.717) is 5.57 Å². The second kappa shape index (κ2) is 6.85. The van der Waals surface area contributed by atoms with Gasteiger partial charge in [-0.15, -0.1) is 0 Å². The maximum absolute atomic E-state index is 12.0. The van der Waals surface area contributed by atoms with Crippen molar-refractivity contribution in [3.63, 3.8) is 0 Å². The third kappa shape index (κ3) is 3.50. The molecule has 22 heavy (non-hydrogen) atoms. The van der Waals surface area contributed by atoms with Crippen LogP contribution in [0.15, 0.2) is 66.4 Å². The molecule has 1 heterocycles. The Morgan fingerprint density at radius 2 is 1.86 bits per heavy atom. The number of carbonyl (C=O) groups is 1. The molecule has 0 atom stereocenters. The topological polar surface area (TPSA) is 45.8 Å². The van der Waals surface area contributed by atoms with Crippen LogP contribution in [0.5, 0.6) is 0 Å². The van der Waals surface area contributed by atoms with Crippen molar-refractivity contribution in [1.82, 2.24) is 10.2 Å². The van der Waals surface area contributed by atoms with Gasteiger partial charge < -0.3 is 0 Å². The molecule has 1 N–H and O–H groups in total. The van der Waals surface area contributed by atoms with Gasteiger partial charge in [-0.3, -0.25) is 9.89 Å². The van der Waals surface area contributed by atoms with E-state index in [1.807, 2.05) is 56.3 Å². The summed E-state index contributed by atoms with van der Waals surface area (Å²) in [5, 5.41) is 6.88. The second-order valence-electron chi connectivity index (χ2n) is 5.19. The highest BCUT2D eigenvalue weighted by atomic mass is 16.1. The highest BCUT2D eigenvalue weighted by Gasteiger charge is 2.09. The van der Waals surface area contributed by atoms with Crippen molar-refractivity contribution in [3.05, 3.63) is 72.0 Å². The molecule has 112 valence electrons. The van der Waals surface area contributed by atoms with E-state index in [0.717, 1.165) is 28.0 Å². The Kier molecular flexibility index (Phi) is 4.89. The van der Waals surface area contributed by atoms with E-state index < -0.39 is 0 Å². The van der Waals surface area contributed by atoms with E-state index in [4.69, 9.17) is 0 Å². The lowest BCUT2D eigenvalue weighted by Gasteiger charge is -2.08. The first-order valence-corrected chi connectivity index (χ1v) is 7.18. The molecule has 3 nitrogen and oxygen atoms in total. The molecule has 2 rings (SSSR count). The predicted molar refractivity (Wildman–Crippen MR) is 91.3 cm³/mol. The number of aromatic nitrogens is 2. The average Bonchev–Trinajstić information content (AvgIpc) is 3.02. The average molecular weight is 292 g/mol. The molecular weight excluding hydrogens is 272 g/mol. The molecule has 0 radical (unpaired) electrons. The van der Waals surface area contributed by atoms with Crippen LogP contribution in [-0.2, 0) is 4.79 Å². The lowest BCUT2D eigenvalue weighted by molar-refractivity contribution is -0.111. The number of nitrogens with one attached hydrogen (secondary N) is 1. The summed E-state index contributed by atoms with van der Waals surface area (Å²) in [6.45, 7) is 9.41. The third-order valence-corrected chi connectivity index (χ3v) is 3.49. The molecule has 0 bridgehead atoms. The minimum atomic E-state index is 0.0369.